The molecule has 2 atom stereocenters. The van der Waals surface area contributed by atoms with E-state index in [4.69, 9.17) is 0 Å². The van der Waals surface area contributed by atoms with Gasteiger partial charge in [0.15, 0.2) is 0 Å². The predicted molar refractivity (Wildman–Crippen MR) is 62.5 cm³/mol. The van der Waals surface area contributed by atoms with Crippen LogP contribution in [0, 0.1) is 0 Å². The summed E-state index contributed by atoms with van der Waals surface area (Å²) in [6, 6.07) is 2.85. The molecule has 0 aromatic carbocycles. The van der Waals surface area contributed by atoms with E-state index in [2.05, 4.69) is 10.3 Å². The lowest BCUT2D eigenvalue weighted by molar-refractivity contribution is -0.137. The second-order valence-corrected chi connectivity index (χ2v) is 4.65. The number of anilines is 1. The second-order valence-electron chi connectivity index (χ2n) is 4.65. The van der Waals surface area contributed by atoms with Crippen LogP contribution >= 0.6 is 0 Å². The molecule has 1 aromatic heterocycles. The van der Waals surface area contributed by atoms with Crippen LogP contribution in [-0.2, 0) is 6.18 Å². The Labute approximate surface area is 104 Å². The standard InChI is InChI=1S/C12H15F3N3/c1-8-6-18(7-9(2)17-8)11-4-3-10(5-16-11)12(13,14)15/h3-5,8-9H,6-7H2,1-2H3/t8-,9+. The monoisotopic (exact) mass is 258 g/mol. The summed E-state index contributed by atoms with van der Waals surface area (Å²) >= 11 is 0. The van der Waals surface area contributed by atoms with Crippen LogP contribution in [0.2, 0.25) is 0 Å². The lowest BCUT2D eigenvalue weighted by Gasteiger charge is -2.35. The molecule has 0 N–H and O–H groups in total. The van der Waals surface area contributed by atoms with E-state index in [0.717, 1.165) is 12.3 Å². The van der Waals surface area contributed by atoms with Crippen molar-refractivity contribution < 1.29 is 13.2 Å². The van der Waals surface area contributed by atoms with E-state index < -0.39 is 11.7 Å². The number of halogens is 3. The molecule has 0 bridgehead atoms. The molecule has 0 unspecified atom stereocenters. The quantitative estimate of drug-likeness (QED) is 0.773. The number of rotatable bonds is 1. The molecule has 1 radical (unpaired) electrons. The Morgan fingerprint density at radius 1 is 1.17 bits per heavy atom. The number of hydrogen-bond donors (Lipinski definition) is 0. The van der Waals surface area contributed by atoms with Crippen molar-refractivity contribution in [1.29, 1.82) is 0 Å². The SMILES string of the molecule is C[C@@H]1CN(c2ccc(C(F)(F)F)cn2)C[C@H](C)[N]1. The van der Waals surface area contributed by atoms with Gasteiger partial charge in [0.1, 0.15) is 5.82 Å². The maximum Gasteiger partial charge on any atom is 0.417 e. The first kappa shape index (κ1) is 13.1. The fourth-order valence-electron chi connectivity index (χ4n) is 2.17. The third-order valence-corrected chi connectivity index (χ3v) is 2.88. The Hall–Kier alpha value is -1.30. The predicted octanol–water partition coefficient (Wildman–Crippen LogP) is 2.30. The van der Waals surface area contributed by atoms with Gasteiger partial charge in [-0.1, -0.05) is 0 Å². The fraction of sp³-hybridized carbons (Fsp3) is 0.583. The van der Waals surface area contributed by atoms with Gasteiger partial charge in [-0.3, -0.25) is 0 Å². The van der Waals surface area contributed by atoms with Crippen LogP contribution in [0.1, 0.15) is 19.4 Å². The molecule has 0 amide bonds. The molecule has 3 nitrogen and oxygen atoms in total. The molecule has 6 heteroatoms. The first-order valence-electron chi connectivity index (χ1n) is 5.84. The zero-order valence-electron chi connectivity index (χ0n) is 10.3. The Morgan fingerprint density at radius 3 is 2.22 bits per heavy atom. The molecule has 0 saturated carbocycles. The summed E-state index contributed by atoms with van der Waals surface area (Å²) in [5.41, 5.74) is -0.714. The Bertz CT molecular complexity index is 392. The Kier molecular flexibility index (Phi) is 3.47. The third-order valence-electron chi connectivity index (χ3n) is 2.88. The summed E-state index contributed by atoms with van der Waals surface area (Å²) in [4.78, 5) is 5.88. The highest BCUT2D eigenvalue weighted by Crippen LogP contribution is 2.29. The van der Waals surface area contributed by atoms with E-state index in [-0.39, 0.29) is 12.1 Å². The van der Waals surface area contributed by atoms with Crippen molar-refractivity contribution in [1.82, 2.24) is 10.3 Å². The minimum Gasteiger partial charge on any atom is -0.353 e. The van der Waals surface area contributed by atoms with E-state index in [1.807, 2.05) is 18.7 Å². The van der Waals surface area contributed by atoms with Crippen molar-refractivity contribution in [2.45, 2.75) is 32.1 Å². The van der Waals surface area contributed by atoms with Crippen LogP contribution in [0.25, 0.3) is 0 Å². The van der Waals surface area contributed by atoms with Crippen LogP contribution in [0.5, 0.6) is 0 Å². The van der Waals surface area contributed by atoms with Crippen molar-refractivity contribution in [3.63, 3.8) is 0 Å². The molecular formula is C12H15F3N3. The molecule has 2 rings (SSSR count). The van der Waals surface area contributed by atoms with Gasteiger partial charge in [0.05, 0.1) is 5.56 Å². The minimum atomic E-state index is -4.33. The average Bonchev–Trinajstić information content (AvgIpc) is 2.27. The summed E-state index contributed by atoms with van der Waals surface area (Å²) in [6.07, 6.45) is -3.44. The zero-order chi connectivity index (χ0) is 13.3. The largest absolute Gasteiger partial charge is 0.417 e. The van der Waals surface area contributed by atoms with Crippen molar-refractivity contribution >= 4 is 5.82 Å². The third kappa shape index (κ3) is 2.93. The van der Waals surface area contributed by atoms with Gasteiger partial charge in [0, 0.05) is 31.4 Å². The van der Waals surface area contributed by atoms with Crippen LogP contribution in [0.3, 0.4) is 0 Å². The van der Waals surface area contributed by atoms with E-state index in [0.29, 0.717) is 18.9 Å². The number of aromatic nitrogens is 1. The first-order valence-corrected chi connectivity index (χ1v) is 5.84. The molecule has 1 saturated heterocycles. The van der Waals surface area contributed by atoms with Crippen LogP contribution < -0.4 is 10.2 Å². The number of hydrogen-bond acceptors (Lipinski definition) is 2. The second kappa shape index (κ2) is 4.76. The Morgan fingerprint density at radius 2 is 1.78 bits per heavy atom. The van der Waals surface area contributed by atoms with Gasteiger partial charge in [-0.05, 0) is 26.0 Å². The fourth-order valence-corrected chi connectivity index (χ4v) is 2.17. The lowest BCUT2D eigenvalue weighted by atomic mass is 10.1. The number of nitrogens with zero attached hydrogens (tertiary/aromatic N) is 3. The van der Waals surface area contributed by atoms with Gasteiger partial charge in [-0.2, -0.15) is 13.2 Å². The molecule has 1 aliphatic heterocycles. The minimum absolute atomic E-state index is 0.179. The van der Waals surface area contributed by atoms with Gasteiger partial charge in [-0.15, -0.1) is 0 Å². The highest BCUT2D eigenvalue weighted by molar-refractivity contribution is 5.41. The topological polar surface area (TPSA) is 30.2 Å². The molecule has 99 valence electrons. The van der Waals surface area contributed by atoms with Gasteiger partial charge in [0.2, 0.25) is 0 Å². The van der Waals surface area contributed by atoms with Crippen molar-refractivity contribution in [2.24, 2.45) is 0 Å². The van der Waals surface area contributed by atoms with Gasteiger partial charge in [0.25, 0.3) is 0 Å². The summed E-state index contributed by atoms with van der Waals surface area (Å²) in [6.45, 7) is 5.38. The number of pyridine rings is 1. The number of alkyl halides is 3. The molecule has 1 aromatic rings. The van der Waals surface area contributed by atoms with Crippen molar-refractivity contribution in [2.75, 3.05) is 18.0 Å². The maximum atomic E-state index is 12.4. The summed E-state index contributed by atoms with van der Waals surface area (Å²) in [5.74, 6) is 0.580. The summed E-state index contributed by atoms with van der Waals surface area (Å²) in [5, 5.41) is 4.47. The summed E-state index contributed by atoms with van der Waals surface area (Å²) < 4.78 is 37.3. The smallest absolute Gasteiger partial charge is 0.353 e. The molecular weight excluding hydrogens is 243 g/mol. The van der Waals surface area contributed by atoms with Gasteiger partial charge in [-0.25, -0.2) is 10.3 Å². The highest BCUT2D eigenvalue weighted by Gasteiger charge is 2.31. The van der Waals surface area contributed by atoms with Crippen molar-refractivity contribution in [3.8, 4) is 0 Å². The first-order chi connectivity index (χ1) is 8.36. The van der Waals surface area contributed by atoms with E-state index >= 15 is 0 Å². The van der Waals surface area contributed by atoms with E-state index in [9.17, 15) is 13.2 Å². The van der Waals surface area contributed by atoms with Crippen LogP contribution in [0.15, 0.2) is 18.3 Å². The van der Waals surface area contributed by atoms with Crippen LogP contribution in [-0.4, -0.2) is 30.2 Å². The molecule has 1 fully saturated rings. The molecule has 0 spiro atoms. The van der Waals surface area contributed by atoms with Gasteiger partial charge >= 0.3 is 6.18 Å². The molecule has 2 heterocycles. The lowest BCUT2D eigenvalue weighted by Crippen LogP contribution is -2.50. The maximum absolute atomic E-state index is 12.4. The van der Waals surface area contributed by atoms with E-state index in [1.54, 1.807) is 0 Å². The normalized spacial score (nSPS) is 25.3. The highest BCUT2D eigenvalue weighted by atomic mass is 19.4. The Balaban J connectivity index is 2.14. The van der Waals surface area contributed by atoms with Crippen LogP contribution in [0.4, 0.5) is 19.0 Å². The van der Waals surface area contributed by atoms with Gasteiger partial charge < -0.3 is 4.90 Å². The molecule has 18 heavy (non-hydrogen) atoms. The van der Waals surface area contributed by atoms with Crippen molar-refractivity contribution in [3.05, 3.63) is 23.9 Å². The zero-order valence-corrected chi connectivity index (χ0v) is 10.3. The van der Waals surface area contributed by atoms with E-state index in [1.165, 1.54) is 6.07 Å². The average molecular weight is 258 g/mol. The molecule has 1 aliphatic rings. The number of piperazine rings is 1. The molecule has 0 aliphatic carbocycles. The summed E-state index contributed by atoms with van der Waals surface area (Å²) in [7, 11) is 0.